The van der Waals surface area contributed by atoms with Gasteiger partial charge in [-0.25, -0.2) is 0 Å². The largest absolute Gasteiger partial charge is 0.391 e. The highest BCUT2D eigenvalue weighted by atomic mass is 16.6. The van der Waals surface area contributed by atoms with E-state index in [1.807, 2.05) is 0 Å². The molecule has 1 saturated carbocycles. The summed E-state index contributed by atoms with van der Waals surface area (Å²) < 4.78 is 1.62. The van der Waals surface area contributed by atoms with Crippen LogP contribution < -0.4 is 0 Å². The van der Waals surface area contributed by atoms with Crippen LogP contribution in [-0.4, -0.2) is 25.9 Å². The van der Waals surface area contributed by atoms with Gasteiger partial charge in [0.05, 0.1) is 17.1 Å². The van der Waals surface area contributed by atoms with E-state index in [0.717, 1.165) is 19.3 Å². The van der Waals surface area contributed by atoms with Gasteiger partial charge in [-0.05, 0) is 33.1 Å². The molecule has 1 N–H and O–H groups in total. The fourth-order valence-corrected chi connectivity index (χ4v) is 2.45. The molecular weight excluding hydrogens is 210 g/mol. The predicted octanol–water partition coefficient (Wildman–Crippen LogP) is 1.49. The first-order valence-corrected chi connectivity index (χ1v) is 5.40. The first-order chi connectivity index (χ1) is 7.52. The lowest BCUT2D eigenvalue weighted by atomic mass is 10.2. The van der Waals surface area contributed by atoms with Gasteiger partial charge >= 0.3 is 5.69 Å². The van der Waals surface area contributed by atoms with Gasteiger partial charge in [-0.2, -0.15) is 5.10 Å². The van der Waals surface area contributed by atoms with Crippen LogP contribution in [0.25, 0.3) is 0 Å². The number of aromatic nitrogens is 2. The van der Waals surface area contributed by atoms with Crippen molar-refractivity contribution in [1.82, 2.24) is 9.78 Å². The molecule has 0 aliphatic heterocycles. The van der Waals surface area contributed by atoms with Gasteiger partial charge in [0.1, 0.15) is 11.4 Å². The van der Waals surface area contributed by atoms with Crippen molar-refractivity contribution in [2.75, 3.05) is 0 Å². The number of aryl methyl sites for hydroxylation is 1. The second kappa shape index (κ2) is 3.86. The Morgan fingerprint density at radius 2 is 2.19 bits per heavy atom. The van der Waals surface area contributed by atoms with Gasteiger partial charge in [0.15, 0.2) is 0 Å². The second-order valence-electron chi connectivity index (χ2n) is 4.29. The maximum atomic E-state index is 10.8. The summed E-state index contributed by atoms with van der Waals surface area (Å²) in [7, 11) is 0. The molecular formula is C10H15N3O3. The summed E-state index contributed by atoms with van der Waals surface area (Å²) >= 11 is 0. The highest BCUT2D eigenvalue weighted by Gasteiger charge is 2.32. The van der Waals surface area contributed by atoms with Crippen LogP contribution in [0.15, 0.2) is 0 Å². The SMILES string of the molecule is Cc1nn([C@H]2CCC[C@@H]2O)c(C)c1[N+](=O)[O-]. The van der Waals surface area contributed by atoms with Gasteiger partial charge in [-0.1, -0.05) is 0 Å². The number of hydrogen-bond donors (Lipinski definition) is 1. The number of rotatable bonds is 2. The third-order valence-electron chi connectivity index (χ3n) is 3.23. The maximum Gasteiger partial charge on any atom is 0.312 e. The van der Waals surface area contributed by atoms with Crippen molar-refractivity contribution in [2.45, 2.75) is 45.3 Å². The molecule has 2 rings (SSSR count). The van der Waals surface area contributed by atoms with Crippen molar-refractivity contribution in [2.24, 2.45) is 0 Å². The highest BCUT2D eigenvalue weighted by molar-refractivity contribution is 5.39. The lowest BCUT2D eigenvalue weighted by Crippen LogP contribution is -2.20. The molecule has 0 spiro atoms. The molecule has 0 radical (unpaired) electrons. The van der Waals surface area contributed by atoms with Crippen molar-refractivity contribution in [3.05, 3.63) is 21.5 Å². The van der Waals surface area contributed by atoms with Crippen LogP contribution in [-0.2, 0) is 0 Å². The number of nitrogens with zero attached hydrogens (tertiary/aromatic N) is 3. The van der Waals surface area contributed by atoms with Gasteiger partial charge in [-0.3, -0.25) is 14.8 Å². The lowest BCUT2D eigenvalue weighted by molar-refractivity contribution is -0.386. The summed E-state index contributed by atoms with van der Waals surface area (Å²) in [6.07, 6.45) is 2.09. The van der Waals surface area contributed by atoms with E-state index in [-0.39, 0.29) is 11.7 Å². The lowest BCUT2D eigenvalue weighted by Gasteiger charge is -2.16. The van der Waals surface area contributed by atoms with Crippen LogP contribution in [0.2, 0.25) is 0 Å². The summed E-state index contributed by atoms with van der Waals surface area (Å²) in [4.78, 5) is 10.4. The van der Waals surface area contributed by atoms with E-state index in [1.165, 1.54) is 0 Å². The summed E-state index contributed by atoms with van der Waals surface area (Å²) in [5.41, 5.74) is 1.02. The minimum atomic E-state index is -0.433. The van der Waals surface area contributed by atoms with Gasteiger partial charge in [0.2, 0.25) is 0 Å². The number of aliphatic hydroxyl groups is 1. The molecule has 0 bridgehead atoms. The monoisotopic (exact) mass is 225 g/mol. The average molecular weight is 225 g/mol. The Bertz CT molecular complexity index is 427. The molecule has 1 aliphatic carbocycles. The quantitative estimate of drug-likeness (QED) is 0.610. The molecule has 1 aliphatic rings. The second-order valence-corrected chi connectivity index (χ2v) is 4.29. The topological polar surface area (TPSA) is 81.2 Å². The van der Waals surface area contributed by atoms with Crippen LogP contribution in [0.4, 0.5) is 5.69 Å². The fourth-order valence-electron chi connectivity index (χ4n) is 2.45. The third-order valence-corrected chi connectivity index (χ3v) is 3.23. The summed E-state index contributed by atoms with van der Waals surface area (Å²) in [5, 5.41) is 24.8. The van der Waals surface area contributed by atoms with E-state index in [1.54, 1.807) is 18.5 Å². The number of nitro groups is 1. The number of hydrogen-bond acceptors (Lipinski definition) is 4. The summed E-state index contributed by atoms with van der Waals surface area (Å²) in [5.74, 6) is 0. The van der Waals surface area contributed by atoms with Gasteiger partial charge < -0.3 is 5.11 Å². The molecule has 16 heavy (non-hydrogen) atoms. The van der Waals surface area contributed by atoms with Crippen LogP contribution in [0.1, 0.15) is 36.7 Å². The van der Waals surface area contributed by atoms with E-state index in [2.05, 4.69) is 5.10 Å². The van der Waals surface area contributed by atoms with Crippen molar-refractivity contribution in [3.8, 4) is 0 Å². The molecule has 2 atom stereocenters. The third kappa shape index (κ3) is 1.59. The molecule has 6 nitrogen and oxygen atoms in total. The first kappa shape index (κ1) is 11.1. The normalized spacial score (nSPS) is 24.9. The molecule has 0 unspecified atom stereocenters. The van der Waals surface area contributed by atoms with Crippen molar-refractivity contribution < 1.29 is 10.0 Å². The van der Waals surface area contributed by atoms with E-state index >= 15 is 0 Å². The molecule has 0 amide bonds. The van der Waals surface area contributed by atoms with Crippen molar-refractivity contribution in [1.29, 1.82) is 0 Å². The van der Waals surface area contributed by atoms with Crippen LogP contribution in [0.3, 0.4) is 0 Å². The molecule has 6 heteroatoms. The smallest absolute Gasteiger partial charge is 0.312 e. The Morgan fingerprint density at radius 1 is 1.50 bits per heavy atom. The standard InChI is InChI=1S/C10H15N3O3/c1-6-10(13(15)16)7(2)12(11-6)8-4-3-5-9(8)14/h8-9,14H,3-5H2,1-2H3/t8-,9-/m0/s1. The average Bonchev–Trinajstić information content (AvgIpc) is 2.70. The molecule has 0 saturated heterocycles. The van der Waals surface area contributed by atoms with Crippen LogP contribution >= 0.6 is 0 Å². The van der Waals surface area contributed by atoms with E-state index in [0.29, 0.717) is 11.4 Å². The highest BCUT2D eigenvalue weighted by Crippen LogP contribution is 2.33. The Labute approximate surface area is 93.0 Å². The molecule has 1 aromatic rings. The first-order valence-electron chi connectivity index (χ1n) is 5.40. The van der Waals surface area contributed by atoms with Gasteiger partial charge in [0.25, 0.3) is 0 Å². The van der Waals surface area contributed by atoms with E-state index in [9.17, 15) is 15.2 Å². The summed E-state index contributed by atoms with van der Waals surface area (Å²) in [6, 6.07) is -0.104. The number of aliphatic hydroxyl groups excluding tert-OH is 1. The van der Waals surface area contributed by atoms with Gasteiger partial charge in [0, 0.05) is 0 Å². The Balaban J connectivity index is 2.42. The Morgan fingerprint density at radius 3 is 2.62 bits per heavy atom. The Kier molecular flexibility index (Phi) is 2.67. The fraction of sp³-hybridized carbons (Fsp3) is 0.700. The minimum Gasteiger partial charge on any atom is -0.391 e. The molecule has 1 heterocycles. The zero-order valence-corrected chi connectivity index (χ0v) is 9.38. The molecule has 1 aromatic heterocycles. The maximum absolute atomic E-state index is 10.8. The summed E-state index contributed by atoms with van der Waals surface area (Å²) in [6.45, 7) is 3.31. The molecule has 88 valence electrons. The zero-order chi connectivity index (χ0) is 11.9. The van der Waals surface area contributed by atoms with E-state index < -0.39 is 11.0 Å². The van der Waals surface area contributed by atoms with Crippen molar-refractivity contribution >= 4 is 5.69 Å². The predicted molar refractivity (Wildman–Crippen MR) is 57.3 cm³/mol. The molecule has 0 aromatic carbocycles. The van der Waals surface area contributed by atoms with E-state index in [4.69, 9.17) is 0 Å². The minimum absolute atomic E-state index is 0.0686. The Hall–Kier alpha value is -1.43. The van der Waals surface area contributed by atoms with Crippen LogP contribution in [0, 0.1) is 24.0 Å². The zero-order valence-electron chi connectivity index (χ0n) is 9.38. The van der Waals surface area contributed by atoms with Crippen LogP contribution in [0.5, 0.6) is 0 Å². The van der Waals surface area contributed by atoms with Crippen molar-refractivity contribution in [3.63, 3.8) is 0 Å². The molecule has 1 fully saturated rings. The van der Waals surface area contributed by atoms with Gasteiger partial charge in [-0.15, -0.1) is 0 Å².